The van der Waals surface area contributed by atoms with Crippen molar-refractivity contribution in [3.63, 3.8) is 0 Å². The largest absolute Gasteiger partial charge is 0.393 e. The van der Waals surface area contributed by atoms with Gasteiger partial charge in [-0.05, 0) is 49.3 Å². The SMILES string of the molecule is O=C(NCc1ccccn1)N1CCC([C@@H](O)CCc2ccccc2)CC1. The van der Waals surface area contributed by atoms with Gasteiger partial charge in [-0.15, -0.1) is 0 Å². The number of nitrogens with zero attached hydrogens (tertiary/aromatic N) is 2. The van der Waals surface area contributed by atoms with E-state index in [4.69, 9.17) is 0 Å². The third-order valence-corrected chi connectivity index (χ3v) is 5.09. The highest BCUT2D eigenvalue weighted by Crippen LogP contribution is 2.23. The summed E-state index contributed by atoms with van der Waals surface area (Å²) < 4.78 is 0. The fourth-order valence-electron chi connectivity index (χ4n) is 3.46. The van der Waals surface area contributed by atoms with Crippen molar-refractivity contribution < 1.29 is 9.90 Å². The average Bonchev–Trinajstić information content (AvgIpc) is 2.72. The normalized spacial score (nSPS) is 16.3. The maximum atomic E-state index is 12.3. The molecular formula is C21H27N3O2. The van der Waals surface area contributed by atoms with E-state index in [2.05, 4.69) is 22.4 Å². The number of aryl methyl sites for hydroxylation is 1. The van der Waals surface area contributed by atoms with E-state index in [9.17, 15) is 9.90 Å². The quantitative estimate of drug-likeness (QED) is 0.839. The topological polar surface area (TPSA) is 65.5 Å². The molecule has 5 nitrogen and oxygen atoms in total. The number of carbonyl (C=O) groups excluding carboxylic acids is 1. The molecule has 1 aliphatic rings. The van der Waals surface area contributed by atoms with Gasteiger partial charge in [-0.1, -0.05) is 36.4 Å². The van der Waals surface area contributed by atoms with E-state index < -0.39 is 0 Å². The Morgan fingerprint density at radius 2 is 1.88 bits per heavy atom. The number of piperidine rings is 1. The maximum Gasteiger partial charge on any atom is 0.317 e. The molecule has 0 spiro atoms. The Bertz CT molecular complexity index is 670. The van der Waals surface area contributed by atoms with Gasteiger partial charge in [0.15, 0.2) is 0 Å². The summed E-state index contributed by atoms with van der Waals surface area (Å²) in [5.41, 5.74) is 2.12. The summed E-state index contributed by atoms with van der Waals surface area (Å²) in [4.78, 5) is 18.3. The molecule has 26 heavy (non-hydrogen) atoms. The third-order valence-electron chi connectivity index (χ3n) is 5.09. The molecule has 2 heterocycles. The van der Waals surface area contributed by atoms with Crippen molar-refractivity contribution in [3.05, 3.63) is 66.0 Å². The van der Waals surface area contributed by atoms with Gasteiger partial charge in [0, 0.05) is 19.3 Å². The number of urea groups is 1. The molecule has 3 rings (SSSR count). The van der Waals surface area contributed by atoms with Crippen LogP contribution < -0.4 is 5.32 Å². The summed E-state index contributed by atoms with van der Waals surface area (Å²) in [6, 6.07) is 15.9. The lowest BCUT2D eigenvalue weighted by atomic mass is 9.88. The number of aliphatic hydroxyl groups is 1. The zero-order valence-electron chi connectivity index (χ0n) is 15.1. The van der Waals surface area contributed by atoms with Crippen LogP contribution in [0, 0.1) is 5.92 Å². The monoisotopic (exact) mass is 353 g/mol. The first kappa shape index (κ1) is 18.4. The van der Waals surface area contributed by atoms with E-state index in [0.29, 0.717) is 19.6 Å². The zero-order chi connectivity index (χ0) is 18.2. The molecule has 5 heteroatoms. The van der Waals surface area contributed by atoms with E-state index in [1.807, 2.05) is 41.3 Å². The molecule has 1 aromatic carbocycles. The first-order valence-corrected chi connectivity index (χ1v) is 9.37. The van der Waals surface area contributed by atoms with Crippen molar-refractivity contribution in [1.29, 1.82) is 0 Å². The van der Waals surface area contributed by atoms with E-state index >= 15 is 0 Å². The summed E-state index contributed by atoms with van der Waals surface area (Å²) in [5, 5.41) is 13.4. The Morgan fingerprint density at radius 3 is 2.58 bits per heavy atom. The minimum absolute atomic E-state index is 0.0483. The van der Waals surface area contributed by atoms with Crippen LogP contribution in [0.4, 0.5) is 4.79 Å². The molecule has 1 aliphatic heterocycles. The number of benzene rings is 1. The molecule has 1 saturated heterocycles. The summed E-state index contributed by atoms with van der Waals surface area (Å²) in [5.74, 6) is 0.276. The second-order valence-corrected chi connectivity index (χ2v) is 6.90. The lowest BCUT2D eigenvalue weighted by Gasteiger charge is -2.34. The van der Waals surface area contributed by atoms with Gasteiger partial charge in [-0.2, -0.15) is 0 Å². The molecule has 2 aromatic rings. The molecule has 0 radical (unpaired) electrons. The predicted molar refractivity (Wildman–Crippen MR) is 102 cm³/mol. The molecular weight excluding hydrogens is 326 g/mol. The van der Waals surface area contributed by atoms with E-state index in [1.54, 1.807) is 6.20 Å². The Hall–Kier alpha value is -2.40. The van der Waals surface area contributed by atoms with Crippen molar-refractivity contribution >= 4 is 6.03 Å². The van der Waals surface area contributed by atoms with Crippen molar-refractivity contribution in [2.24, 2.45) is 5.92 Å². The molecule has 0 unspecified atom stereocenters. The number of aliphatic hydroxyl groups excluding tert-OH is 1. The number of carbonyl (C=O) groups is 1. The molecule has 138 valence electrons. The first-order valence-electron chi connectivity index (χ1n) is 9.37. The van der Waals surface area contributed by atoms with Crippen molar-refractivity contribution in [2.75, 3.05) is 13.1 Å². The summed E-state index contributed by atoms with van der Waals surface area (Å²) in [7, 11) is 0. The fourth-order valence-corrected chi connectivity index (χ4v) is 3.46. The fraction of sp³-hybridized carbons (Fsp3) is 0.429. The molecule has 1 aromatic heterocycles. The van der Waals surface area contributed by atoms with Crippen LogP contribution in [0.3, 0.4) is 0 Å². The molecule has 1 fully saturated rings. The third kappa shape index (κ3) is 5.30. The van der Waals surface area contributed by atoms with Gasteiger partial charge in [0.1, 0.15) is 0 Å². The molecule has 0 saturated carbocycles. The molecule has 2 N–H and O–H groups in total. The average molecular weight is 353 g/mol. The van der Waals surface area contributed by atoms with Gasteiger partial charge in [-0.25, -0.2) is 4.79 Å². The Morgan fingerprint density at radius 1 is 1.15 bits per heavy atom. The van der Waals surface area contributed by atoms with E-state index in [1.165, 1.54) is 5.56 Å². The summed E-state index contributed by atoms with van der Waals surface area (Å²) in [6.07, 6.45) is 4.81. The van der Waals surface area contributed by atoms with Crippen LogP contribution in [0.15, 0.2) is 54.7 Å². The second kappa shape index (κ2) is 9.34. The summed E-state index contributed by atoms with van der Waals surface area (Å²) >= 11 is 0. The highest BCUT2D eigenvalue weighted by Gasteiger charge is 2.27. The van der Waals surface area contributed by atoms with Crippen molar-refractivity contribution in [1.82, 2.24) is 15.2 Å². The molecule has 2 amide bonds. The minimum Gasteiger partial charge on any atom is -0.393 e. The number of amides is 2. The smallest absolute Gasteiger partial charge is 0.317 e. The van der Waals surface area contributed by atoms with Crippen LogP contribution in [0.2, 0.25) is 0 Å². The van der Waals surface area contributed by atoms with Gasteiger partial charge in [-0.3, -0.25) is 4.98 Å². The minimum atomic E-state index is -0.297. The van der Waals surface area contributed by atoms with Crippen LogP contribution in [-0.2, 0) is 13.0 Å². The van der Waals surface area contributed by atoms with Crippen LogP contribution in [0.5, 0.6) is 0 Å². The molecule has 0 bridgehead atoms. The standard InChI is InChI=1S/C21H27N3O2/c25-20(10-9-17-6-2-1-3-7-17)18-11-14-24(15-12-18)21(26)23-16-19-8-4-5-13-22-19/h1-8,13,18,20,25H,9-12,14-16H2,(H,23,26)/t20-/m0/s1. The van der Waals surface area contributed by atoms with Crippen molar-refractivity contribution in [3.8, 4) is 0 Å². The number of hydrogen-bond acceptors (Lipinski definition) is 3. The predicted octanol–water partition coefficient (Wildman–Crippen LogP) is 3.00. The van der Waals surface area contributed by atoms with Crippen LogP contribution in [0.25, 0.3) is 0 Å². The number of likely N-dealkylation sites (tertiary alicyclic amines) is 1. The second-order valence-electron chi connectivity index (χ2n) is 6.90. The Balaban J connectivity index is 1.38. The Kier molecular flexibility index (Phi) is 6.61. The summed E-state index contributed by atoms with van der Waals surface area (Å²) in [6.45, 7) is 1.83. The first-order chi connectivity index (χ1) is 12.7. The number of hydrogen-bond donors (Lipinski definition) is 2. The van der Waals surface area contributed by atoms with Gasteiger partial charge < -0.3 is 15.3 Å². The maximum absolute atomic E-state index is 12.3. The van der Waals surface area contributed by atoms with Gasteiger partial charge >= 0.3 is 6.03 Å². The zero-order valence-corrected chi connectivity index (χ0v) is 15.1. The van der Waals surface area contributed by atoms with Gasteiger partial charge in [0.2, 0.25) is 0 Å². The lowest BCUT2D eigenvalue weighted by molar-refractivity contribution is 0.0610. The molecule has 0 aliphatic carbocycles. The number of pyridine rings is 1. The van der Waals surface area contributed by atoms with E-state index in [-0.39, 0.29) is 18.1 Å². The molecule has 1 atom stereocenters. The lowest BCUT2D eigenvalue weighted by Crippen LogP contribution is -2.45. The van der Waals surface area contributed by atoms with Gasteiger partial charge in [0.25, 0.3) is 0 Å². The van der Waals surface area contributed by atoms with Crippen LogP contribution in [-0.4, -0.2) is 40.2 Å². The van der Waals surface area contributed by atoms with E-state index in [0.717, 1.165) is 31.4 Å². The van der Waals surface area contributed by atoms with Crippen molar-refractivity contribution in [2.45, 2.75) is 38.3 Å². The van der Waals surface area contributed by atoms with Crippen LogP contribution >= 0.6 is 0 Å². The van der Waals surface area contributed by atoms with Gasteiger partial charge in [0.05, 0.1) is 18.3 Å². The highest BCUT2D eigenvalue weighted by atomic mass is 16.3. The van der Waals surface area contributed by atoms with Crippen LogP contribution in [0.1, 0.15) is 30.5 Å². The number of aromatic nitrogens is 1. The highest BCUT2D eigenvalue weighted by molar-refractivity contribution is 5.74. The Labute approximate surface area is 155 Å². The number of rotatable bonds is 6. The number of nitrogens with one attached hydrogen (secondary N) is 1.